The molecule has 112 valence electrons. The molecule has 0 heterocycles. The molecule has 0 aromatic carbocycles. The van der Waals surface area contributed by atoms with Gasteiger partial charge in [0.2, 0.25) is 0 Å². The molecule has 5 nitrogen and oxygen atoms in total. The van der Waals surface area contributed by atoms with Gasteiger partial charge in [-0.2, -0.15) is 0 Å². The fourth-order valence-electron chi connectivity index (χ4n) is 1.39. The largest absolute Gasteiger partial charge is 0.464 e. The molecule has 0 aliphatic heterocycles. The number of alkyl carbamates (subject to hydrolysis) is 1. The SMILES string of the molecule is CCCCC(NC(=O)OCC(C)C)C(=O)OCCC. The summed E-state index contributed by atoms with van der Waals surface area (Å²) in [7, 11) is 0. The summed E-state index contributed by atoms with van der Waals surface area (Å²) in [6, 6.07) is -0.605. The Balaban J connectivity index is 4.24. The fourth-order valence-corrected chi connectivity index (χ4v) is 1.39. The van der Waals surface area contributed by atoms with Crippen molar-refractivity contribution in [1.29, 1.82) is 0 Å². The molecule has 5 heteroatoms. The summed E-state index contributed by atoms with van der Waals surface area (Å²) in [5.74, 6) is -0.108. The lowest BCUT2D eigenvalue weighted by Crippen LogP contribution is -2.42. The predicted octanol–water partition coefficient (Wildman–Crippen LogP) is 2.88. The number of hydrogen-bond donors (Lipinski definition) is 1. The van der Waals surface area contributed by atoms with Gasteiger partial charge in [0.05, 0.1) is 13.2 Å². The molecule has 1 N–H and O–H groups in total. The number of amides is 1. The maximum Gasteiger partial charge on any atom is 0.407 e. The van der Waals surface area contributed by atoms with Crippen LogP contribution in [0.25, 0.3) is 0 Å². The van der Waals surface area contributed by atoms with Crippen LogP contribution in [0.1, 0.15) is 53.4 Å². The average Bonchev–Trinajstić information content (AvgIpc) is 2.38. The molecule has 0 radical (unpaired) electrons. The van der Waals surface area contributed by atoms with Gasteiger partial charge in [-0.05, 0) is 18.8 Å². The molecule has 1 unspecified atom stereocenters. The van der Waals surface area contributed by atoms with Crippen LogP contribution >= 0.6 is 0 Å². The standard InChI is InChI=1S/C14H27NO4/c1-5-7-8-12(13(16)18-9-6-2)15-14(17)19-10-11(3)4/h11-12H,5-10H2,1-4H3,(H,15,17). The van der Waals surface area contributed by atoms with Gasteiger partial charge < -0.3 is 14.8 Å². The summed E-state index contributed by atoms with van der Waals surface area (Å²) in [6.45, 7) is 8.60. The van der Waals surface area contributed by atoms with Gasteiger partial charge in [0.1, 0.15) is 6.04 Å². The Labute approximate surface area is 116 Å². The van der Waals surface area contributed by atoms with E-state index in [4.69, 9.17) is 9.47 Å². The third-order valence-corrected chi connectivity index (χ3v) is 2.42. The highest BCUT2D eigenvalue weighted by molar-refractivity contribution is 5.81. The number of esters is 1. The van der Waals surface area contributed by atoms with Crippen LogP contribution in [0.4, 0.5) is 4.79 Å². The second-order valence-corrected chi connectivity index (χ2v) is 5.00. The highest BCUT2D eigenvalue weighted by Gasteiger charge is 2.22. The van der Waals surface area contributed by atoms with Gasteiger partial charge in [-0.1, -0.05) is 40.5 Å². The van der Waals surface area contributed by atoms with Crippen molar-refractivity contribution in [2.75, 3.05) is 13.2 Å². The van der Waals surface area contributed by atoms with Crippen LogP contribution in [0.5, 0.6) is 0 Å². The van der Waals surface area contributed by atoms with E-state index >= 15 is 0 Å². The minimum absolute atomic E-state index is 0.270. The van der Waals surface area contributed by atoms with Crippen molar-refractivity contribution in [3.8, 4) is 0 Å². The average molecular weight is 273 g/mol. The van der Waals surface area contributed by atoms with Gasteiger partial charge in [-0.3, -0.25) is 0 Å². The summed E-state index contributed by atoms with van der Waals surface area (Å²) in [5.41, 5.74) is 0. The van der Waals surface area contributed by atoms with Crippen LogP contribution in [-0.2, 0) is 14.3 Å². The van der Waals surface area contributed by atoms with E-state index in [1.54, 1.807) is 0 Å². The van der Waals surface area contributed by atoms with Crippen LogP contribution in [0.15, 0.2) is 0 Å². The van der Waals surface area contributed by atoms with Crippen LogP contribution in [0.3, 0.4) is 0 Å². The Bertz CT molecular complexity index is 266. The molecule has 0 rings (SSSR count). The van der Waals surface area contributed by atoms with Gasteiger partial charge in [0.15, 0.2) is 0 Å². The molecule has 0 spiro atoms. The highest BCUT2D eigenvalue weighted by atomic mass is 16.6. The van der Waals surface area contributed by atoms with Gasteiger partial charge >= 0.3 is 12.1 Å². The van der Waals surface area contributed by atoms with Crippen molar-refractivity contribution in [3.63, 3.8) is 0 Å². The molecule has 0 aromatic rings. The second-order valence-electron chi connectivity index (χ2n) is 5.00. The molecule has 0 aliphatic carbocycles. The van der Waals surface area contributed by atoms with Crippen LogP contribution in [0, 0.1) is 5.92 Å². The zero-order valence-electron chi connectivity index (χ0n) is 12.5. The summed E-state index contributed by atoms with van der Waals surface area (Å²) in [4.78, 5) is 23.3. The summed E-state index contributed by atoms with van der Waals surface area (Å²) < 4.78 is 10.1. The number of rotatable bonds is 9. The third kappa shape index (κ3) is 9.33. The zero-order valence-corrected chi connectivity index (χ0v) is 12.5. The van der Waals surface area contributed by atoms with E-state index in [1.165, 1.54) is 0 Å². The van der Waals surface area contributed by atoms with Crippen molar-refractivity contribution in [3.05, 3.63) is 0 Å². The topological polar surface area (TPSA) is 64.6 Å². The lowest BCUT2D eigenvalue weighted by atomic mass is 10.1. The first-order valence-electron chi connectivity index (χ1n) is 7.11. The molecule has 0 saturated heterocycles. The van der Waals surface area contributed by atoms with E-state index in [0.29, 0.717) is 19.6 Å². The minimum Gasteiger partial charge on any atom is -0.464 e. The molecule has 0 fully saturated rings. The molecule has 0 aromatic heterocycles. The number of unbranched alkanes of at least 4 members (excludes halogenated alkanes) is 1. The van der Waals surface area contributed by atoms with Crippen molar-refractivity contribution in [2.45, 2.75) is 59.4 Å². The molecule has 0 bridgehead atoms. The molecule has 1 amide bonds. The molecule has 0 aliphatic rings. The van der Waals surface area contributed by atoms with E-state index in [2.05, 4.69) is 5.32 Å². The zero-order chi connectivity index (χ0) is 14.7. The Morgan fingerprint density at radius 3 is 2.32 bits per heavy atom. The van der Waals surface area contributed by atoms with E-state index < -0.39 is 12.1 Å². The lowest BCUT2D eigenvalue weighted by molar-refractivity contribution is -0.146. The predicted molar refractivity (Wildman–Crippen MR) is 73.9 cm³/mol. The Morgan fingerprint density at radius 1 is 1.11 bits per heavy atom. The molecule has 0 saturated carbocycles. The van der Waals surface area contributed by atoms with Crippen molar-refractivity contribution >= 4 is 12.1 Å². The number of nitrogens with one attached hydrogen (secondary N) is 1. The van der Waals surface area contributed by atoms with Crippen molar-refractivity contribution in [1.82, 2.24) is 5.32 Å². The quantitative estimate of drug-likeness (QED) is 0.656. The molecular formula is C14H27NO4. The third-order valence-electron chi connectivity index (χ3n) is 2.42. The monoisotopic (exact) mass is 273 g/mol. The van der Waals surface area contributed by atoms with E-state index in [1.807, 2.05) is 27.7 Å². The lowest BCUT2D eigenvalue weighted by Gasteiger charge is -2.17. The maximum atomic E-state index is 11.8. The van der Waals surface area contributed by atoms with Crippen LogP contribution in [-0.4, -0.2) is 31.3 Å². The van der Waals surface area contributed by atoms with E-state index in [-0.39, 0.29) is 11.9 Å². The minimum atomic E-state index is -0.605. The van der Waals surface area contributed by atoms with Crippen LogP contribution < -0.4 is 5.32 Å². The number of ether oxygens (including phenoxy) is 2. The normalized spacial score (nSPS) is 12.1. The van der Waals surface area contributed by atoms with E-state index in [0.717, 1.165) is 19.3 Å². The van der Waals surface area contributed by atoms with Crippen LogP contribution in [0.2, 0.25) is 0 Å². The number of carbonyl (C=O) groups excluding carboxylic acids is 2. The van der Waals surface area contributed by atoms with E-state index in [9.17, 15) is 9.59 Å². The Morgan fingerprint density at radius 2 is 1.79 bits per heavy atom. The second kappa shape index (κ2) is 10.6. The van der Waals surface area contributed by atoms with Gasteiger partial charge in [-0.15, -0.1) is 0 Å². The first-order chi connectivity index (χ1) is 9.01. The number of carbonyl (C=O) groups is 2. The summed E-state index contributed by atoms with van der Waals surface area (Å²) in [5, 5.41) is 2.58. The molecular weight excluding hydrogens is 246 g/mol. The fraction of sp³-hybridized carbons (Fsp3) is 0.857. The Hall–Kier alpha value is -1.26. The van der Waals surface area contributed by atoms with Crippen molar-refractivity contribution in [2.24, 2.45) is 5.92 Å². The summed E-state index contributed by atoms with van der Waals surface area (Å²) >= 11 is 0. The summed E-state index contributed by atoms with van der Waals surface area (Å²) in [6.07, 6.45) is 2.61. The number of hydrogen-bond acceptors (Lipinski definition) is 4. The van der Waals surface area contributed by atoms with Crippen molar-refractivity contribution < 1.29 is 19.1 Å². The highest BCUT2D eigenvalue weighted by Crippen LogP contribution is 2.04. The maximum absolute atomic E-state index is 11.8. The first-order valence-corrected chi connectivity index (χ1v) is 7.11. The molecule has 19 heavy (non-hydrogen) atoms. The Kier molecular flexibility index (Phi) is 9.94. The van der Waals surface area contributed by atoms with Gasteiger partial charge in [0, 0.05) is 0 Å². The molecule has 1 atom stereocenters. The first kappa shape index (κ1) is 17.7. The van der Waals surface area contributed by atoms with Gasteiger partial charge in [-0.25, -0.2) is 9.59 Å². The smallest absolute Gasteiger partial charge is 0.407 e. The van der Waals surface area contributed by atoms with Gasteiger partial charge in [0.25, 0.3) is 0 Å².